The standard InChI is InChI=1S/C19H25N5O2.2ClH/c1-22-8-3-15(12-18(22)25)14-4-9-23(10-5-14)19(26)16-13-24-11-7-20-6-2-17(24)21-16;;/h3,8,12-14,20H,2,4-7,9-11H2,1H3;2*1H. The number of rotatable bonds is 2. The average Bonchev–Trinajstić information content (AvgIpc) is 2.94. The van der Waals surface area contributed by atoms with E-state index in [0.29, 0.717) is 24.7 Å². The lowest BCUT2D eigenvalue weighted by Gasteiger charge is -2.31. The van der Waals surface area contributed by atoms with Gasteiger partial charge in [0.2, 0.25) is 0 Å². The molecule has 7 nitrogen and oxygen atoms in total. The maximum Gasteiger partial charge on any atom is 0.274 e. The SMILES string of the molecule is Cl.Cl.Cn1ccc(C2CCN(C(=O)c3cn4c(n3)CCNCC4)CC2)cc1=O. The Balaban J connectivity index is 0.00000140. The largest absolute Gasteiger partial charge is 0.337 e. The van der Waals surface area contributed by atoms with Crippen molar-refractivity contribution >= 4 is 30.7 Å². The lowest BCUT2D eigenvalue weighted by molar-refractivity contribution is 0.0707. The fourth-order valence-corrected chi connectivity index (χ4v) is 3.87. The predicted molar refractivity (Wildman–Crippen MR) is 113 cm³/mol. The smallest absolute Gasteiger partial charge is 0.274 e. The first kappa shape index (κ1) is 22.5. The minimum Gasteiger partial charge on any atom is -0.337 e. The third-order valence-electron chi connectivity index (χ3n) is 5.52. The van der Waals surface area contributed by atoms with Gasteiger partial charge >= 0.3 is 0 Å². The van der Waals surface area contributed by atoms with Crippen molar-refractivity contribution in [1.82, 2.24) is 24.3 Å². The van der Waals surface area contributed by atoms with E-state index >= 15 is 0 Å². The number of piperidine rings is 1. The number of aryl methyl sites for hydroxylation is 1. The van der Waals surface area contributed by atoms with Crippen molar-refractivity contribution in [2.75, 3.05) is 26.2 Å². The van der Waals surface area contributed by atoms with Crippen LogP contribution in [0.25, 0.3) is 0 Å². The predicted octanol–water partition coefficient (Wildman–Crippen LogP) is 1.59. The number of amides is 1. The zero-order valence-electron chi connectivity index (χ0n) is 16.0. The lowest BCUT2D eigenvalue weighted by Crippen LogP contribution is -2.38. The Morgan fingerprint density at radius 1 is 1.18 bits per heavy atom. The number of nitrogens with zero attached hydrogens (tertiary/aromatic N) is 4. The van der Waals surface area contributed by atoms with Crippen LogP contribution in [0, 0.1) is 0 Å². The molecule has 1 fully saturated rings. The van der Waals surface area contributed by atoms with Gasteiger partial charge in [0.15, 0.2) is 0 Å². The highest BCUT2D eigenvalue weighted by Crippen LogP contribution is 2.27. The van der Waals surface area contributed by atoms with E-state index in [1.54, 1.807) is 17.7 Å². The topological polar surface area (TPSA) is 72.2 Å². The molecule has 1 amide bonds. The number of fused-ring (bicyclic) bond motifs is 1. The average molecular weight is 428 g/mol. The molecular formula is C19H27Cl2N5O2. The van der Waals surface area contributed by atoms with E-state index in [1.165, 1.54) is 0 Å². The van der Waals surface area contributed by atoms with E-state index in [9.17, 15) is 9.59 Å². The molecule has 0 saturated carbocycles. The molecule has 0 aromatic carbocycles. The maximum absolute atomic E-state index is 12.8. The third-order valence-corrected chi connectivity index (χ3v) is 5.52. The van der Waals surface area contributed by atoms with Gasteiger partial charge in [-0.15, -0.1) is 24.8 Å². The van der Waals surface area contributed by atoms with Gasteiger partial charge in [0.1, 0.15) is 11.5 Å². The molecule has 0 atom stereocenters. The Morgan fingerprint density at radius 3 is 2.64 bits per heavy atom. The van der Waals surface area contributed by atoms with Gasteiger partial charge < -0.3 is 19.4 Å². The number of pyridine rings is 1. The number of carbonyl (C=O) groups excluding carboxylic acids is 1. The zero-order chi connectivity index (χ0) is 18.1. The van der Waals surface area contributed by atoms with Crippen LogP contribution in [0.2, 0.25) is 0 Å². The minimum atomic E-state index is 0. The highest BCUT2D eigenvalue weighted by Gasteiger charge is 2.27. The van der Waals surface area contributed by atoms with E-state index in [4.69, 9.17) is 0 Å². The molecule has 1 saturated heterocycles. The van der Waals surface area contributed by atoms with E-state index in [0.717, 1.165) is 50.3 Å². The highest BCUT2D eigenvalue weighted by molar-refractivity contribution is 5.92. The lowest BCUT2D eigenvalue weighted by atomic mass is 9.90. The minimum absolute atomic E-state index is 0. The van der Waals surface area contributed by atoms with Gasteiger partial charge in [-0.2, -0.15) is 0 Å². The van der Waals surface area contributed by atoms with Gasteiger partial charge in [-0.05, 0) is 30.4 Å². The van der Waals surface area contributed by atoms with Crippen molar-refractivity contribution in [2.24, 2.45) is 7.05 Å². The molecule has 28 heavy (non-hydrogen) atoms. The van der Waals surface area contributed by atoms with Crippen LogP contribution in [0.15, 0.2) is 29.3 Å². The summed E-state index contributed by atoms with van der Waals surface area (Å²) in [5.74, 6) is 1.37. The molecule has 0 spiro atoms. The van der Waals surface area contributed by atoms with Crippen LogP contribution >= 0.6 is 24.8 Å². The molecule has 0 radical (unpaired) electrons. The van der Waals surface area contributed by atoms with E-state index in [-0.39, 0.29) is 36.3 Å². The summed E-state index contributed by atoms with van der Waals surface area (Å²) in [5, 5.41) is 3.34. The Morgan fingerprint density at radius 2 is 1.93 bits per heavy atom. The van der Waals surface area contributed by atoms with Crippen LogP contribution < -0.4 is 10.9 Å². The van der Waals surface area contributed by atoms with Crippen LogP contribution in [-0.2, 0) is 20.0 Å². The Kier molecular flexibility index (Phi) is 7.69. The summed E-state index contributed by atoms with van der Waals surface area (Å²) in [6.45, 7) is 4.11. The molecule has 0 unspecified atom stereocenters. The fourth-order valence-electron chi connectivity index (χ4n) is 3.87. The van der Waals surface area contributed by atoms with E-state index in [1.807, 2.05) is 23.4 Å². The number of nitrogens with one attached hydrogen (secondary N) is 1. The molecule has 154 valence electrons. The summed E-state index contributed by atoms with van der Waals surface area (Å²) in [6.07, 6.45) is 6.35. The Hall–Kier alpha value is -1.83. The second-order valence-electron chi connectivity index (χ2n) is 7.21. The quantitative estimate of drug-likeness (QED) is 0.789. The Labute approximate surface area is 176 Å². The molecule has 2 aromatic heterocycles. The number of aromatic nitrogens is 3. The van der Waals surface area contributed by atoms with Crippen LogP contribution in [0.1, 0.15) is 40.6 Å². The monoisotopic (exact) mass is 427 g/mol. The first-order valence-electron chi connectivity index (χ1n) is 9.34. The van der Waals surface area contributed by atoms with Crippen molar-refractivity contribution in [3.05, 3.63) is 52.0 Å². The zero-order valence-corrected chi connectivity index (χ0v) is 17.6. The van der Waals surface area contributed by atoms with Gasteiger partial charge in [0.25, 0.3) is 11.5 Å². The number of hydrogen-bond donors (Lipinski definition) is 1. The van der Waals surface area contributed by atoms with Crippen molar-refractivity contribution in [3.8, 4) is 0 Å². The second-order valence-corrected chi connectivity index (χ2v) is 7.21. The normalized spacial score (nSPS) is 17.1. The van der Waals surface area contributed by atoms with Gasteiger partial charge in [0, 0.05) is 64.7 Å². The van der Waals surface area contributed by atoms with Crippen molar-refractivity contribution < 1.29 is 4.79 Å². The molecule has 2 aliphatic rings. The number of imidazole rings is 1. The first-order valence-corrected chi connectivity index (χ1v) is 9.34. The van der Waals surface area contributed by atoms with Crippen LogP contribution in [0.3, 0.4) is 0 Å². The second kappa shape index (κ2) is 9.58. The van der Waals surface area contributed by atoms with Gasteiger partial charge in [-0.1, -0.05) is 0 Å². The van der Waals surface area contributed by atoms with Gasteiger partial charge in [-0.3, -0.25) is 9.59 Å². The van der Waals surface area contributed by atoms with Crippen molar-refractivity contribution in [1.29, 1.82) is 0 Å². The number of carbonyl (C=O) groups is 1. The first-order chi connectivity index (χ1) is 12.6. The Bertz CT molecular complexity index is 848. The molecule has 2 aliphatic heterocycles. The fraction of sp³-hybridized carbons (Fsp3) is 0.526. The van der Waals surface area contributed by atoms with Crippen molar-refractivity contribution in [2.45, 2.75) is 31.7 Å². The van der Waals surface area contributed by atoms with E-state index < -0.39 is 0 Å². The summed E-state index contributed by atoms with van der Waals surface area (Å²) >= 11 is 0. The molecule has 1 N–H and O–H groups in total. The summed E-state index contributed by atoms with van der Waals surface area (Å²) in [5.41, 5.74) is 1.67. The molecule has 4 heterocycles. The maximum atomic E-state index is 12.8. The highest BCUT2D eigenvalue weighted by atomic mass is 35.5. The third kappa shape index (κ3) is 4.59. The molecule has 9 heteroatoms. The molecule has 2 aromatic rings. The van der Waals surface area contributed by atoms with Gasteiger partial charge in [-0.25, -0.2) is 4.98 Å². The van der Waals surface area contributed by atoms with Crippen LogP contribution in [0.5, 0.6) is 0 Å². The summed E-state index contributed by atoms with van der Waals surface area (Å²) in [7, 11) is 1.76. The summed E-state index contributed by atoms with van der Waals surface area (Å²) in [6, 6.07) is 3.74. The number of hydrogen-bond acceptors (Lipinski definition) is 4. The van der Waals surface area contributed by atoms with Crippen molar-refractivity contribution in [3.63, 3.8) is 0 Å². The molecule has 4 rings (SSSR count). The summed E-state index contributed by atoms with van der Waals surface area (Å²) in [4.78, 5) is 31.1. The molecular weight excluding hydrogens is 401 g/mol. The van der Waals surface area contributed by atoms with Crippen LogP contribution in [0.4, 0.5) is 0 Å². The summed E-state index contributed by atoms with van der Waals surface area (Å²) < 4.78 is 3.68. The molecule has 0 bridgehead atoms. The van der Waals surface area contributed by atoms with Crippen LogP contribution in [-0.4, -0.2) is 51.1 Å². The van der Waals surface area contributed by atoms with E-state index in [2.05, 4.69) is 14.9 Å². The number of likely N-dealkylation sites (tertiary alicyclic amines) is 1. The van der Waals surface area contributed by atoms with Gasteiger partial charge in [0.05, 0.1) is 0 Å². The molecule has 0 aliphatic carbocycles. The number of halogens is 2.